The highest BCUT2D eigenvalue weighted by molar-refractivity contribution is 6.30. The Morgan fingerprint density at radius 1 is 1.09 bits per heavy atom. The fourth-order valence-electron chi connectivity index (χ4n) is 4.28. The summed E-state index contributed by atoms with van der Waals surface area (Å²) in [4.78, 5) is 27.1. The molecule has 2 amide bonds. The first kappa shape index (κ1) is 26.2. The third-order valence-corrected chi connectivity index (χ3v) is 6.37. The predicted molar refractivity (Wildman–Crippen MR) is 129 cm³/mol. The first-order valence-electron chi connectivity index (χ1n) is 10.9. The zero-order valence-corrected chi connectivity index (χ0v) is 20.3. The number of furan rings is 1. The number of carbonyl (C=O) groups is 2. The van der Waals surface area contributed by atoms with Gasteiger partial charge in [-0.25, -0.2) is 0 Å². The highest BCUT2D eigenvalue weighted by Crippen LogP contribution is 2.33. The summed E-state index contributed by atoms with van der Waals surface area (Å²) in [6.45, 7) is 0.333. The quantitative estimate of drug-likeness (QED) is 0.557. The van der Waals surface area contributed by atoms with E-state index in [4.69, 9.17) is 16.0 Å². The van der Waals surface area contributed by atoms with E-state index in [0.29, 0.717) is 23.4 Å². The SMILES string of the molecule is CN(C)C1CCC(Cc2ccc(Cl)cc2)(NC(=O)CCC(=O)NCc2ccco2)CC1.Cl. The van der Waals surface area contributed by atoms with E-state index in [1.165, 1.54) is 0 Å². The van der Waals surface area contributed by atoms with E-state index in [-0.39, 0.29) is 42.6 Å². The Labute approximate surface area is 201 Å². The number of hydrogen-bond acceptors (Lipinski definition) is 4. The minimum Gasteiger partial charge on any atom is -0.467 e. The van der Waals surface area contributed by atoms with Gasteiger partial charge in [0.2, 0.25) is 11.8 Å². The van der Waals surface area contributed by atoms with Gasteiger partial charge in [0, 0.05) is 29.4 Å². The standard InChI is InChI=1S/C24H32ClN3O3.ClH/c1-28(2)20-11-13-24(14-12-20,16-18-5-7-19(25)8-6-18)27-23(30)10-9-22(29)26-17-21-4-3-15-31-21;/h3-8,15,20H,9-14,16-17H2,1-2H3,(H,26,29)(H,27,30);1H. The molecule has 0 unspecified atom stereocenters. The Balaban J connectivity index is 0.00000363. The zero-order valence-electron chi connectivity index (χ0n) is 18.7. The van der Waals surface area contributed by atoms with Crippen molar-refractivity contribution < 1.29 is 14.0 Å². The Bertz CT molecular complexity index is 846. The number of hydrogen-bond donors (Lipinski definition) is 2. The molecule has 1 saturated carbocycles. The van der Waals surface area contributed by atoms with Gasteiger partial charge in [-0.2, -0.15) is 0 Å². The molecule has 6 nitrogen and oxygen atoms in total. The van der Waals surface area contributed by atoms with Crippen LogP contribution in [0.3, 0.4) is 0 Å². The van der Waals surface area contributed by atoms with E-state index in [2.05, 4.69) is 29.6 Å². The molecule has 176 valence electrons. The third kappa shape index (κ3) is 7.84. The summed E-state index contributed by atoms with van der Waals surface area (Å²) in [6, 6.07) is 11.9. The lowest BCUT2D eigenvalue weighted by atomic mass is 9.75. The average molecular weight is 482 g/mol. The number of carbonyl (C=O) groups excluding carboxylic acids is 2. The summed E-state index contributed by atoms with van der Waals surface area (Å²) in [6.07, 6.45) is 6.55. The number of nitrogens with zero attached hydrogens (tertiary/aromatic N) is 1. The Morgan fingerprint density at radius 2 is 1.75 bits per heavy atom. The molecule has 8 heteroatoms. The van der Waals surface area contributed by atoms with Gasteiger partial charge in [0.15, 0.2) is 0 Å². The Morgan fingerprint density at radius 3 is 2.34 bits per heavy atom. The van der Waals surface area contributed by atoms with Crippen LogP contribution in [0.1, 0.15) is 49.8 Å². The normalized spacial score (nSPS) is 20.4. The second-order valence-corrected chi connectivity index (χ2v) is 9.12. The number of nitrogens with one attached hydrogen (secondary N) is 2. The average Bonchev–Trinajstić information content (AvgIpc) is 3.26. The van der Waals surface area contributed by atoms with Gasteiger partial charge in [0.25, 0.3) is 0 Å². The lowest BCUT2D eigenvalue weighted by molar-refractivity contribution is -0.128. The van der Waals surface area contributed by atoms with Crippen molar-refractivity contribution in [1.82, 2.24) is 15.5 Å². The summed E-state index contributed by atoms with van der Waals surface area (Å²) in [5.74, 6) is 0.456. The molecule has 0 atom stereocenters. The summed E-state index contributed by atoms with van der Waals surface area (Å²) in [7, 11) is 4.22. The van der Waals surface area contributed by atoms with Crippen LogP contribution < -0.4 is 10.6 Å². The molecule has 0 bridgehead atoms. The predicted octanol–water partition coefficient (Wildman–Crippen LogP) is 4.35. The van der Waals surface area contributed by atoms with Crippen LogP contribution in [0.15, 0.2) is 47.1 Å². The molecular formula is C24H33Cl2N3O3. The minimum atomic E-state index is -0.290. The van der Waals surface area contributed by atoms with Crippen molar-refractivity contribution in [2.24, 2.45) is 0 Å². The van der Waals surface area contributed by atoms with Crippen LogP contribution in [0.2, 0.25) is 5.02 Å². The van der Waals surface area contributed by atoms with Gasteiger partial charge in [0.05, 0.1) is 12.8 Å². The maximum Gasteiger partial charge on any atom is 0.220 e. The second kappa shape index (κ2) is 12.3. The second-order valence-electron chi connectivity index (χ2n) is 8.68. The summed E-state index contributed by atoms with van der Waals surface area (Å²) in [5.41, 5.74) is 0.867. The molecule has 2 N–H and O–H groups in total. The third-order valence-electron chi connectivity index (χ3n) is 6.12. The molecule has 1 aliphatic carbocycles. The Hall–Kier alpha value is -2.02. The molecule has 1 heterocycles. The molecule has 3 rings (SSSR count). The molecule has 2 aromatic rings. The van der Waals surface area contributed by atoms with Gasteiger partial charge < -0.3 is 20.0 Å². The molecule has 1 aliphatic rings. The first-order chi connectivity index (χ1) is 14.8. The smallest absolute Gasteiger partial charge is 0.220 e. The van der Waals surface area contributed by atoms with Gasteiger partial charge in [-0.1, -0.05) is 23.7 Å². The van der Waals surface area contributed by atoms with Crippen molar-refractivity contribution >= 4 is 35.8 Å². The highest BCUT2D eigenvalue weighted by Gasteiger charge is 2.37. The van der Waals surface area contributed by atoms with Crippen molar-refractivity contribution in [2.45, 2.75) is 63.1 Å². The molecular weight excluding hydrogens is 449 g/mol. The van der Waals surface area contributed by atoms with Crippen molar-refractivity contribution in [1.29, 1.82) is 0 Å². The monoisotopic (exact) mass is 481 g/mol. The van der Waals surface area contributed by atoms with Crippen LogP contribution in [0, 0.1) is 0 Å². The first-order valence-corrected chi connectivity index (χ1v) is 11.2. The zero-order chi connectivity index (χ0) is 22.3. The number of benzene rings is 1. The van der Waals surface area contributed by atoms with E-state index < -0.39 is 0 Å². The van der Waals surface area contributed by atoms with Crippen LogP contribution in [0.25, 0.3) is 0 Å². The number of amides is 2. The lowest BCUT2D eigenvalue weighted by Crippen LogP contribution is -2.54. The van der Waals surface area contributed by atoms with Crippen LogP contribution in [-0.4, -0.2) is 42.4 Å². The molecule has 1 aromatic carbocycles. The minimum absolute atomic E-state index is 0. The van der Waals surface area contributed by atoms with Crippen molar-refractivity contribution in [2.75, 3.05) is 14.1 Å². The van der Waals surface area contributed by atoms with E-state index in [1.807, 2.05) is 24.3 Å². The summed E-state index contributed by atoms with van der Waals surface area (Å²) < 4.78 is 5.21. The van der Waals surface area contributed by atoms with Crippen LogP contribution in [-0.2, 0) is 22.6 Å². The van der Waals surface area contributed by atoms with Crippen LogP contribution >= 0.6 is 24.0 Å². The van der Waals surface area contributed by atoms with Crippen molar-refractivity contribution in [3.63, 3.8) is 0 Å². The van der Waals surface area contributed by atoms with E-state index in [1.54, 1.807) is 18.4 Å². The fourth-order valence-corrected chi connectivity index (χ4v) is 4.41. The molecule has 1 aromatic heterocycles. The maximum absolute atomic E-state index is 12.8. The number of rotatable bonds is 9. The molecule has 0 aliphatic heterocycles. The summed E-state index contributed by atoms with van der Waals surface area (Å²) in [5, 5.41) is 6.78. The molecule has 0 radical (unpaired) electrons. The molecule has 0 saturated heterocycles. The fraction of sp³-hybridized carbons (Fsp3) is 0.500. The lowest BCUT2D eigenvalue weighted by Gasteiger charge is -2.43. The Kier molecular flexibility index (Phi) is 10.1. The molecule has 1 fully saturated rings. The highest BCUT2D eigenvalue weighted by atomic mass is 35.5. The topological polar surface area (TPSA) is 74.6 Å². The molecule has 32 heavy (non-hydrogen) atoms. The molecule has 0 spiro atoms. The van der Waals surface area contributed by atoms with Gasteiger partial charge in [-0.15, -0.1) is 12.4 Å². The van der Waals surface area contributed by atoms with Gasteiger partial charge in [0.1, 0.15) is 5.76 Å². The summed E-state index contributed by atoms with van der Waals surface area (Å²) >= 11 is 6.04. The van der Waals surface area contributed by atoms with E-state index in [9.17, 15) is 9.59 Å². The van der Waals surface area contributed by atoms with Crippen LogP contribution in [0.5, 0.6) is 0 Å². The van der Waals surface area contributed by atoms with Crippen molar-refractivity contribution in [3.8, 4) is 0 Å². The maximum atomic E-state index is 12.8. The largest absolute Gasteiger partial charge is 0.467 e. The van der Waals surface area contributed by atoms with Gasteiger partial charge in [-0.05, 0) is 76.0 Å². The van der Waals surface area contributed by atoms with Gasteiger partial charge in [-0.3, -0.25) is 9.59 Å². The van der Waals surface area contributed by atoms with E-state index in [0.717, 1.165) is 37.7 Å². The van der Waals surface area contributed by atoms with E-state index >= 15 is 0 Å². The van der Waals surface area contributed by atoms with Crippen molar-refractivity contribution in [3.05, 3.63) is 59.0 Å². The number of halogens is 2. The van der Waals surface area contributed by atoms with Crippen LogP contribution in [0.4, 0.5) is 0 Å². The van der Waals surface area contributed by atoms with Gasteiger partial charge >= 0.3 is 0 Å².